The van der Waals surface area contributed by atoms with E-state index >= 15 is 0 Å². The Morgan fingerprint density at radius 1 is 1.70 bits per heavy atom. The number of carbonyl (C=O) groups is 1. The minimum Gasteiger partial charge on any atom is -0.790 e. The van der Waals surface area contributed by atoms with E-state index in [-0.39, 0.29) is 6.29 Å². The van der Waals surface area contributed by atoms with Crippen molar-refractivity contribution in [2.75, 3.05) is 6.61 Å². The molecule has 0 bridgehead atoms. The lowest BCUT2D eigenvalue weighted by Crippen LogP contribution is -2.22. The molecule has 0 fully saturated rings. The standard InChI is InChI=1S/C3H7O6P/c4-1-3(5)2-9-10(6,7)8/h1,3,5H,2H2,(H2,6,7,8)/p-2/t3-/m0/s1. The van der Waals surface area contributed by atoms with E-state index in [1.54, 1.807) is 0 Å². The second kappa shape index (κ2) is 3.80. The minimum absolute atomic E-state index is 0.0651. The summed E-state index contributed by atoms with van der Waals surface area (Å²) in [5.74, 6) is 0. The average Bonchev–Trinajstić information content (AvgIpc) is 1.81. The van der Waals surface area contributed by atoms with Crippen LogP contribution in [0.5, 0.6) is 0 Å². The highest BCUT2D eigenvalue weighted by Crippen LogP contribution is 2.23. The van der Waals surface area contributed by atoms with Gasteiger partial charge in [0.2, 0.25) is 0 Å². The molecular formula is C3H5O6P-2. The number of phosphoric acid groups is 1. The van der Waals surface area contributed by atoms with E-state index in [1.807, 2.05) is 0 Å². The molecule has 0 aromatic heterocycles. The molecule has 0 aromatic rings. The number of hydrogen-bond donors (Lipinski definition) is 1. The van der Waals surface area contributed by atoms with E-state index in [0.29, 0.717) is 0 Å². The average molecular weight is 168 g/mol. The second-order valence-electron chi connectivity index (χ2n) is 1.45. The summed E-state index contributed by atoms with van der Waals surface area (Å²) < 4.78 is 13.2. The maximum Gasteiger partial charge on any atom is 0.150 e. The van der Waals surface area contributed by atoms with Crippen LogP contribution in [0, 0.1) is 0 Å². The summed E-state index contributed by atoms with van der Waals surface area (Å²) in [5, 5.41) is 8.33. The molecular weight excluding hydrogens is 163 g/mol. The van der Waals surface area contributed by atoms with Gasteiger partial charge < -0.3 is 28.8 Å². The van der Waals surface area contributed by atoms with Gasteiger partial charge in [-0.15, -0.1) is 0 Å². The van der Waals surface area contributed by atoms with E-state index < -0.39 is 20.5 Å². The number of aliphatic hydroxyl groups excluding tert-OH is 1. The van der Waals surface area contributed by atoms with Gasteiger partial charge in [0.05, 0.1) is 14.4 Å². The van der Waals surface area contributed by atoms with Gasteiger partial charge in [-0.25, -0.2) is 0 Å². The summed E-state index contributed by atoms with van der Waals surface area (Å²) in [7, 11) is -5.05. The molecule has 1 atom stereocenters. The van der Waals surface area contributed by atoms with Gasteiger partial charge >= 0.3 is 0 Å². The highest BCUT2D eigenvalue weighted by Gasteiger charge is 2.01. The Labute approximate surface area is 56.7 Å². The molecule has 0 amide bonds. The van der Waals surface area contributed by atoms with Crippen molar-refractivity contribution in [1.29, 1.82) is 0 Å². The number of aldehydes is 1. The smallest absolute Gasteiger partial charge is 0.150 e. The predicted octanol–water partition coefficient (Wildman–Crippen LogP) is -2.61. The molecule has 0 saturated heterocycles. The molecule has 6 nitrogen and oxygen atoms in total. The number of aliphatic hydroxyl groups is 1. The van der Waals surface area contributed by atoms with Crippen molar-refractivity contribution in [2.45, 2.75) is 6.10 Å². The van der Waals surface area contributed by atoms with E-state index in [4.69, 9.17) is 5.11 Å². The highest BCUT2D eigenvalue weighted by molar-refractivity contribution is 7.43. The van der Waals surface area contributed by atoms with Crippen LogP contribution >= 0.6 is 7.82 Å². The first kappa shape index (κ1) is 9.74. The van der Waals surface area contributed by atoms with Crippen LogP contribution in [0.25, 0.3) is 0 Å². The molecule has 0 aliphatic rings. The molecule has 0 unspecified atom stereocenters. The van der Waals surface area contributed by atoms with E-state index in [2.05, 4.69) is 4.52 Å². The molecule has 0 aromatic carbocycles. The zero-order chi connectivity index (χ0) is 8.20. The first-order valence-corrected chi connectivity index (χ1v) is 3.72. The van der Waals surface area contributed by atoms with E-state index in [1.165, 1.54) is 0 Å². The van der Waals surface area contributed by atoms with Crippen molar-refractivity contribution >= 4 is 14.1 Å². The lowest BCUT2D eigenvalue weighted by molar-refractivity contribution is -0.342. The van der Waals surface area contributed by atoms with Crippen LogP contribution < -0.4 is 9.79 Å². The Morgan fingerprint density at radius 3 is 2.50 bits per heavy atom. The van der Waals surface area contributed by atoms with Crippen LogP contribution in [0.1, 0.15) is 0 Å². The normalized spacial score (nSPS) is 14.7. The quantitative estimate of drug-likeness (QED) is 0.363. The fourth-order valence-electron chi connectivity index (χ4n) is 0.207. The van der Waals surface area contributed by atoms with Crippen LogP contribution in [-0.2, 0) is 13.9 Å². The van der Waals surface area contributed by atoms with Gasteiger partial charge in [0.25, 0.3) is 0 Å². The van der Waals surface area contributed by atoms with Gasteiger partial charge in [-0.3, -0.25) is 0 Å². The SMILES string of the molecule is O=C[C@H](O)COP(=O)([O-])[O-]. The Morgan fingerprint density at radius 2 is 2.20 bits per heavy atom. The first-order chi connectivity index (χ1) is 4.45. The molecule has 10 heavy (non-hydrogen) atoms. The topological polar surface area (TPSA) is 110 Å². The van der Waals surface area contributed by atoms with E-state index in [0.717, 1.165) is 0 Å². The lowest BCUT2D eigenvalue weighted by Gasteiger charge is -2.28. The third-order valence-electron chi connectivity index (χ3n) is 0.560. The Kier molecular flexibility index (Phi) is 3.70. The van der Waals surface area contributed by atoms with Crippen molar-refractivity contribution < 1.29 is 28.8 Å². The molecule has 1 N–H and O–H groups in total. The van der Waals surface area contributed by atoms with Gasteiger partial charge in [0.15, 0.2) is 6.29 Å². The highest BCUT2D eigenvalue weighted by atomic mass is 31.2. The molecule has 0 aliphatic carbocycles. The molecule has 0 spiro atoms. The fourth-order valence-corrected chi connectivity index (χ4v) is 0.542. The Bertz CT molecular complexity index is 149. The maximum absolute atomic E-state index is 9.67. The molecule has 0 saturated carbocycles. The van der Waals surface area contributed by atoms with Crippen LogP contribution in [0.15, 0.2) is 0 Å². The van der Waals surface area contributed by atoms with Crippen molar-refractivity contribution in [2.24, 2.45) is 0 Å². The molecule has 0 radical (unpaired) electrons. The molecule has 0 aliphatic heterocycles. The van der Waals surface area contributed by atoms with Crippen molar-refractivity contribution in [3.63, 3.8) is 0 Å². The lowest BCUT2D eigenvalue weighted by atomic mass is 10.4. The van der Waals surface area contributed by atoms with Gasteiger partial charge in [-0.1, -0.05) is 0 Å². The van der Waals surface area contributed by atoms with Crippen LogP contribution in [0.3, 0.4) is 0 Å². The first-order valence-electron chi connectivity index (χ1n) is 2.25. The molecule has 7 heteroatoms. The third-order valence-corrected chi connectivity index (χ3v) is 1.03. The van der Waals surface area contributed by atoms with Crippen LogP contribution in [-0.4, -0.2) is 24.1 Å². The summed E-state index contributed by atoms with van der Waals surface area (Å²) in [6.45, 7) is -0.812. The summed E-state index contributed by atoms with van der Waals surface area (Å²) in [6, 6.07) is 0. The van der Waals surface area contributed by atoms with Crippen molar-refractivity contribution in [3.05, 3.63) is 0 Å². The van der Waals surface area contributed by atoms with Gasteiger partial charge in [-0.2, -0.15) is 0 Å². The number of carbonyl (C=O) groups excluding carboxylic acids is 1. The monoisotopic (exact) mass is 168 g/mol. The number of rotatable bonds is 4. The fraction of sp³-hybridized carbons (Fsp3) is 0.667. The Balaban J connectivity index is 3.55. The summed E-state index contributed by atoms with van der Waals surface area (Å²) in [5.41, 5.74) is 0. The van der Waals surface area contributed by atoms with Crippen LogP contribution in [0.2, 0.25) is 0 Å². The van der Waals surface area contributed by atoms with Crippen molar-refractivity contribution in [3.8, 4) is 0 Å². The summed E-state index contributed by atoms with van der Waals surface area (Å²) >= 11 is 0. The predicted molar refractivity (Wildman–Crippen MR) is 25.6 cm³/mol. The van der Waals surface area contributed by atoms with Gasteiger partial charge in [-0.05, 0) is 0 Å². The maximum atomic E-state index is 9.67. The van der Waals surface area contributed by atoms with E-state index in [9.17, 15) is 19.1 Å². The molecule has 0 heterocycles. The Hall–Kier alpha value is -0.260. The number of hydrogen-bond acceptors (Lipinski definition) is 6. The largest absolute Gasteiger partial charge is 0.790 e. The minimum atomic E-state index is -5.05. The number of phosphoric ester groups is 1. The molecule has 0 rings (SSSR count). The van der Waals surface area contributed by atoms with Crippen LogP contribution in [0.4, 0.5) is 0 Å². The van der Waals surface area contributed by atoms with Gasteiger partial charge in [0.1, 0.15) is 6.10 Å². The second-order valence-corrected chi connectivity index (χ2v) is 2.60. The van der Waals surface area contributed by atoms with Gasteiger partial charge in [0, 0.05) is 0 Å². The van der Waals surface area contributed by atoms with Crippen molar-refractivity contribution in [1.82, 2.24) is 0 Å². The molecule has 60 valence electrons. The summed E-state index contributed by atoms with van der Waals surface area (Å²) in [6.07, 6.45) is -1.49. The summed E-state index contributed by atoms with van der Waals surface area (Å²) in [4.78, 5) is 28.9. The third kappa shape index (κ3) is 5.87. The zero-order valence-electron chi connectivity index (χ0n) is 4.80. The zero-order valence-corrected chi connectivity index (χ0v) is 5.69.